The SMILES string of the molecule is CN=C(NCc1ncccc1C)N1CCC(C)C(n2ccnc2)C1. The Morgan fingerprint density at radius 2 is 2.29 bits per heavy atom. The average molecular weight is 326 g/mol. The minimum atomic E-state index is 0.427. The molecule has 1 saturated heterocycles. The lowest BCUT2D eigenvalue weighted by Gasteiger charge is -2.39. The molecule has 1 fully saturated rings. The highest BCUT2D eigenvalue weighted by molar-refractivity contribution is 5.80. The number of hydrogen-bond donors (Lipinski definition) is 1. The van der Waals surface area contributed by atoms with E-state index in [4.69, 9.17) is 0 Å². The maximum atomic E-state index is 4.48. The van der Waals surface area contributed by atoms with Crippen molar-refractivity contribution in [1.29, 1.82) is 0 Å². The zero-order valence-corrected chi connectivity index (χ0v) is 14.7. The van der Waals surface area contributed by atoms with Crippen LogP contribution in [0.3, 0.4) is 0 Å². The lowest BCUT2D eigenvalue weighted by molar-refractivity contribution is 0.189. The van der Waals surface area contributed by atoms with E-state index in [2.05, 4.69) is 55.9 Å². The molecule has 2 aromatic heterocycles. The number of aryl methyl sites for hydroxylation is 1. The van der Waals surface area contributed by atoms with Crippen molar-refractivity contribution >= 4 is 5.96 Å². The van der Waals surface area contributed by atoms with Gasteiger partial charge in [-0.25, -0.2) is 4.98 Å². The Hall–Kier alpha value is -2.37. The third-order valence-electron chi connectivity index (χ3n) is 4.87. The molecule has 2 aromatic rings. The Morgan fingerprint density at radius 3 is 3.00 bits per heavy atom. The molecular weight excluding hydrogens is 300 g/mol. The largest absolute Gasteiger partial charge is 0.351 e. The van der Waals surface area contributed by atoms with Gasteiger partial charge in [-0.1, -0.05) is 13.0 Å². The molecule has 1 N–H and O–H groups in total. The lowest BCUT2D eigenvalue weighted by atomic mass is 9.93. The molecule has 3 heterocycles. The maximum absolute atomic E-state index is 4.48. The van der Waals surface area contributed by atoms with Gasteiger partial charge in [0.15, 0.2) is 5.96 Å². The summed E-state index contributed by atoms with van der Waals surface area (Å²) in [6, 6.07) is 4.48. The van der Waals surface area contributed by atoms with Gasteiger partial charge in [-0.05, 0) is 30.9 Å². The van der Waals surface area contributed by atoms with E-state index in [1.54, 1.807) is 0 Å². The van der Waals surface area contributed by atoms with Gasteiger partial charge >= 0.3 is 0 Å². The molecule has 2 atom stereocenters. The zero-order chi connectivity index (χ0) is 16.9. The minimum absolute atomic E-state index is 0.427. The van der Waals surface area contributed by atoms with Crippen molar-refractivity contribution in [3.8, 4) is 0 Å². The summed E-state index contributed by atoms with van der Waals surface area (Å²) in [6.07, 6.45) is 8.80. The Kier molecular flexibility index (Phi) is 5.13. The van der Waals surface area contributed by atoms with E-state index in [0.29, 0.717) is 18.5 Å². The second-order valence-electron chi connectivity index (χ2n) is 6.46. The number of imidazole rings is 1. The van der Waals surface area contributed by atoms with E-state index in [-0.39, 0.29) is 0 Å². The number of nitrogens with one attached hydrogen (secondary N) is 1. The molecule has 0 aromatic carbocycles. The van der Waals surface area contributed by atoms with Crippen molar-refractivity contribution in [2.24, 2.45) is 10.9 Å². The van der Waals surface area contributed by atoms with Gasteiger partial charge in [-0.3, -0.25) is 9.98 Å². The van der Waals surface area contributed by atoms with Crippen LogP contribution in [0.1, 0.15) is 30.6 Å². The number of pyridine rings is 1. The number of rotatable bonds is 3. The van der Waals surface area contributed by atoms with E-state index in [1.165, 1.54) is 5.56 Å². The highest BCUT2D eigenvalue weighted by Crippen LogP contribution is 2.27. The van der Waals surface area contributed by atoms with Crippen LogP contribution >= 0.6 is 0 Å². The summed E-state index contributed by atoms with van der Waals surface area (Å²) in [6.45, 7) is 7.06. The summed E-state index contributed by atoms with van der Waals surface area (Å²) >= 11 is 0. The Balaban J connectivity index is 1.66. The smallest absolute Gasteiger partial charge is 0.194 e. The fraction of sp³-hybridized carbons (Fsp3) is 0.500. The van der Waals surface area contributed by atoms with Gasteiger partial charge in [0.1, 0.15) is 0 Å². The normalized spacial score (nSPS) is 21.8. The van der Waals surface area contributed by atoms with Gasteiger partial charge in [0.25, 0.3) is 0 Å². The molecule has 24 heavy (non-hydrogen) atoms. The van der Waals surface area contributed by atoms with Gasteiger partial charge in [-0.15, -0.1) is 0 Å². The molecule has 1 aliphatic heterocycles. The van der Waals surface area contributed by atoms with E-state index in [0.717, 1.165) is 31.2 Å². The number of likely N-dealkylation sites (tertiary alicyclic amines) is 1. The highest BCUT2D eigenvalue weighted by atomic mass is 15.3. The van der Waals surface area contributed by atoms with Crippen LogP contribution in [0, 0.1) is 12.8 Å². The van der Waals surface area contributed by atoms with Crippen molar-refractivity contribution < 1.29 is 0 Å². The first-order chi connectivity index (χ1) is 11.7. The number of guanidine groups is 1. The van der Waals surface area contributed by atoms with Crippen LogP contribution in [0.5, 0.6) is 0 Å². The molecule has 3 rings (SSSR count). The molecule has 0 bridgehead atoms. The average Bonchev–Trinajstić information content (AvgIpc) is 3.12. The number of aliphatic imine (C=N–C) groups is 1. The molecule has 0 radical (unpaired) electrons. The number of hydrogen-bond acceptors (Lipinski definition) is 3. The molecule has 0 saturated carbocycles. The topological polar surface area (TPSA) is 58.3 Å². The fourth-order valence-corrected chi connectivity index (χ4v) is 3.29. The molecule has 0 spiro atoms. The first kappa shape index (κ1) is 16.5. The number of piperidine rings is 1. The van der Waals surface area contributed by atoms with Crippen LogP contribution in [-0.4, -0.2) is 45.5 Å². The van der Waals surface area contributed by atoms with E-state index in [9.17, 15) is 0 Å². The van der Waals surface area contributed by atoms with Crippen LogP contribution < -0.4 is 5.32 Å². The molecule has 6 nitrogen and oxygen atoms in total. The van der Waals surface area contributed by atoms with Gasteiger partial charge in [0.2, 0.25) is 0 Å². The minimum Gasteiger partial charge on any atom is -0.351 e. The molecule has 0 amide bonds. The van der Waals surface area contributed by atoms with E-state index >= 15 is 0 Å². The first-order valence-electron chi connectivity index (χ1n) is 8.52. The predicted molar refractivity (Wildman–Crippen MR) is 95.8 cm³/mol. The van der Waals surface area contributed by atoms with Crippen LogP contribution in [-0.2, 0) is 6.54 Å². The van der Waals surface area contributed by atoms with Crippen molar-refractivity contribution in [1.82, 2.24) is 24.8 Å². The Morgan fingerprint density at radius 1 is 1.42 bits per heavy atom. The van der Waals surface area contributed by atoms with Gasteiger partial charge in [0.05, 0.1) is 24.6 Å². The maximum Gasteiger partial charge on any atom is 0.194 e. The monoisotopic (exact) mass is 326 g/mol. The molecule has 2 unspecified atom stereocenters. The van der Waals surface area contributed by atoms with Crippen LogP contribution in [0.15, 0.2) is 42.0 Å². The summed E-state index contributed by atoms with van der Waals surface area (Å²) in [7, 11) is 1.85. The molecule has 128 valence electrons. The number of nitrogens with zero attached hydrogens (tertiary/aromatic N) is 5. The summed E-state index contributed by atoms with van der Waals surface area (Å²) < 4.78 is 2.22. The zero-order valence-electron chi connectivity index (χ0n) is 14.7. The number of aromatic nitrogens is 3. The van der Waals surface area contributed by atoms with Crippen LogP contribution in [0.2, 0.25) is 0 Å². The van der Waals surface area contributed by atoms with Crippen molar-refractivity contribution in [3.63, 3.8) is 0 Å². The Labute approximate surface area is 143 Å². The summed E-state index contributed by atoms with van der Waals surface area (Å²) in [5, 5.41) is 3.47. The molecule has 1 aliphatic rings. The van der Waals surface area contributed by atoms with Crippen LogP contribution in [0.25, 0.3) is 0 Å². The summed E-state index contributed by atoms with van der Waals surface area (Å²) in [5.74, 6) is 1.57. The predicted octanol–water partition coefficient (Wildman–Crippen LogP) is 2.25. The van der Waals surface area contributed by atoms with Crippen molar-refractivity contribution in [2.75, 3.05) is 20.1 Å². The van der Waals surface area contributed by atoms with Gasteiger partial charge < -0.3 is 14.8 Å². The van der Waals surface area contributed by atoms with Crippen LogP contribution in [0.4, 0.5) is 0 Å². The van der Waals surface area contributed by atoms with E-state index in [1.807, 2.05) is 31.8 Å². The third-order valence-corrected chi connectivity index (χ3v) is 4.87. The highest BCUT2D eigenvalue weighted by Gasteiger charge is 2.28. The molecular formula is C18H26N6. The first-order valence-corrected chi connectivity index (χ1v) is 8.52. The van der Waals surface area contributed by atoms with E-state index < -0.39 is 0 Å². The standard InChI is InChI=1S/C18H26N6/c1-14-5-4-7-21-16(14)11-22-18(19-3)23-9-6-15(2)17(12-23)24-10-8-20-13-24/h4-5,7-8,10,13,15,17H,6,9,11-12H2,1-3H3,(H,19,22). The lowest BCUT2D eigenvalue weighted by Crippen LogP contribution is -2.48. The summed E-state index contributed by atoms with van der Waals surface area (Å²) in [4.78, 5) is 15.5. The second-order valence-corrected chi connectivity index (χ2v) is 6.46. The van der Waals surface area contributed by atoms with Gasteiger partial charge in [-0.2, -0.15) is 0 Å². The third kappa shape index (κ3) is 3.58. The molecule has 6 heteroatoms. The Bertz CT molecular complexity index is 679. The van der Waals surface area contributed by atoms with Crippen molar-refractivity contribution in [2.45, 2.75) is 32.9 Å². The summed E-state index contributed by atoms with van der Waals surface area (Å²) in [5.41, 5.74) is 2.26. The van der Waals surface area contributed by atoms with Gasteiger partial charge in [0, 0.05) is 38.7 Å². The fourth-order valence-electron chi connectivity index (χ4n) is 3.29. The quantitative estimate of drug-likeness (QED) is 0.694. The van der Waals surface area contributed by atoms with Crippen molar-refractivity contribution in [3.05, 3.63) is 48.3 Å². The molecule has 0 aliphatic carbocycles. The second kappa shape index (κ2) is 7.47.